The van der Waals surface area contributed by atoms with E-state index in [0.29, 0.717) is 11.8 Å². The van der Waals surface area contributed by atoms with Gasteiger partial charge in [0.05, 0.1) is 5.56 Å². The Morgan fingerprint density at radius 1 is 1.37 bits per heavy atom. The molecule has 2 N–H and O–H groups in total. The van der Waals surface area contributed by atoms with Crippen LogP contribution in [0.4, 0.5) is 4.39 Å². The third-order valence-electron chi connectivity index (χ3n) is 4.22. The molecule has 0 saturated heterocycles. The number of benzene rings is 1. The third-order valence-corrected chi connectivity index (χ3v) is 4.22. The molecule has 1 aromatic rings. The molecule has 1 fully saturated rings. The minimum Gasteiger partial charge on any atom is -0.508 e. The Balaban J connectivity index is 2.08. The Kier molecular flexibility index (Phi) is 4.08. The van der Waals surface area contributed by atoms with Gasteiger partial charge in [0.25, 0.3) is 5.91 Å². The Morgan fingerprint density at radius 3 is 2.79 bits per heavy atom. The van der Waals surface area contributed by atoms with Crippen LogP contribution < -0.4 is 5.32 Å². The van der Waals surface area contributed by atoms with E-state index in [4.69, 9.17) is 5.11 Å². The summed E-state index contributed by atoms with van der Waals surface area (Å²) in [7, 11) is 0. The number of phenolic OH excluding ortho intramolecular Hbond substituents is 1. The Morgan fingerprint density at radius 2 is 2.11 bits per heavy atom. The van der Waals surface area contributed by atoms with Crippen LogP contribution in [0.3, 0.4) is 0 Å². The van der Waals surface area contributed by atoms with Crippen molar-refractivity contribution in [2.75, 3.05) is 0 Å². The first-order valence-electron chi connectivity index (χ1n) is 6.78. The largest absolute Gasteiger partial charge is 0.508 e. The normalized spacial score (nSPS) is 27.0. The summed E-state index contributed by atoms with van der Waals surface area (Å²) in [6.07, 6.45) is 3.21. The second kappa shape index (κ2) is 5.59. The molecule has 0 spiro atoms. The molecule has 0 heterocycles. The fourth-order valence-electron chi connectivity index (χ4n) is 2.72. The van der Waals surface area contributed by atoms with Gasteiger partial charge in [0.15, 0.2) is 0 Å². The average molecular weight is 265 g/mol. The van der Waals surface area contributed by atoms with Crippen molar-refractivity contribution in [2.45, 2.75) is 39.2 Å². The predicted octanol–water partition coefficient (Wildman–Crippen LogP) is 3.09. The number of carbonyl (C=O) groups is 1. The van der Waals surface area contributed by atoms with Gasteiger partial charge in [0, 0.05) is 12.1 Å². The van der Waals surface area contributed by atoms with Crippen molar-refractivity contribution in [1.29, 1.82) is 0 Å². The Bertz CT molecular complexity index is 475. The monoisotopic (exact) mass is 265 g/mol. The highest BCUT2D eigenvalue weighted by molar-refractivity contribution is 5.94. The van der Waals surface area contributed by atoms with Crippen LogP contribution in [0.25, 0.3) is 0 Å². The molecule has 1 saturated carbocycles. The zero-order chi connectivity index (χ0) is 14.0. The van der Waals surface area contributed by atoms with Gasteiger partial charge in [-0.2, -0.15) is 0 Å². The molecule has 3 unspecified atom stereocenters. The van der Waals surface area contributed by atoms with E-state index in [1.54, 1.807) is 0 Å². The van der Waals surface area contributed by atoms with E-state index in [2.05, 4.69) is 19.2 Å². The summed E-state index contributed by atoms with van der Waals surface area (Å²) in [4.78, 5) is 12.1. The van der Waals surface area contributed by atoms with Crippen LogP contribution in [0.2, 0.25) is 0 Å². The molecule has 1 aliphatic carbocycles. The zero-order valence-electron chi connectivity index (χ0n) is 11.3. The van der Waals surface area contributed by atoms with E-state index in [9.17, 15) is 9.18 Å². The van der Waals surface area contributed by atoms with Gasteiger partial charge in [0.2, 0.25) is 0 Å². The van der Waals surface area contributed by atoms with Crippen LogP contribution >= 0.6 is 0 Å². The average Bonchev–Trinajstić information content (AvgIpc) is 2.34. The summed E-state index contributed by atoms with van der Waals surface area (Å²) in [5.74, 6) is -0.284. The first kappa shape index (κ1) is 13.8. The molecule has 0 radical (unpaired) electrons. The van der Waals surface area contributed by atoms with Gasteiger partial charge >= 0.3 is 0 Å². The molecule has 0 bridgehead atoms. The maximum atomic E-state index is 13.6. The number of hydrogen-bond acceptors (Lipinski definition) is 2. The highest BCUT2D eigenvalue weighted by Crippen LogP contribution is 2.29. The van der Waals surface area contributed by atoms with Crippen molar-refractivity contribution in [1.82, 2.24) is 5.32 Å². The summed E-state index contributed by atoms with van der Waals surface area (Å²) in [6.45, 7) is 4.31. The number of carbonyl (C=O) groups excluding carboxylic acids is 1. The van der Waals surface area contributed by atoms with Crippen LogP contribution in [-0.4, -0.2) is 17.1 Å². The Hall–Kier alpha value is -1.58. The van der Waals surface area contributed by atoms with Crippen LogP contribution in [0.15, 0.2) is 18.2 Å². The number of nitrogens with one attached hydrogen (secondary N) is 1. The second-order valence-corrected chi connectivity index (χ2v) is 5.51. The van der Waals surface area contributed by atoms with Crippen molar-refractivity contribution >= 4 is 5.91 Å². The van der Waals surface area contributed by atoms with Crippen LogP contribution in [0.5, 0.6) is 5.75 Å². The lowest BCUT2D eigenvalue weighted by Gasteiger charge is -2.34. The van der Waals surface area contributed by atoms with Gasteiger partial charge in [0.1, 0.15) is 11.6 Å². The first-order chi connectivity index (χ1) is 8.99. The van der Waals surface area contributed by atoms with Crippen molar-refractivity contribution in [3.8, 4) is 5.75 Å². The van der Waals surface area contributed by atoms with E-state index in [1.807, 2.05) is 0 Å². The van der Waals surface area contributed by atoms with Gasteiger partial charge in [-0.3, -0.25) is 4.79 Å². The first-order valence-corrected chi connectivity index (χ1v) is 6.78. The second-order valence-electron chi connectivity index (χ2n) is 5.51. The topological polar surface area (TPSA) is 49.3 Å². The highest BCUT2D eigenvalue weighted by atomic mass is 19.1. The minimum absolute atomic E-state index is 0.0109. The smallest absolute Gasteiger partial charge is 0.254 e. The molecule has 19 heavy (non-hydrogen) atoms. The number of phenols is 1. The van der Waals surface area contributed by atoms with Gasteiger partial charge in [-0.15, -0.1) is 0 Å². The quantitative estimate of drug-likeness (QED) is 0.863. The minimum atomic E-state index is -0.686. The van der Waals surface area contributed by atoms with Crippen LogP contribution in [0.1, 0.15) is 43.5 Å². The van der Waals surface area contributed by atoms with Crippen LogP contribution in [0, 0.1) is 17.7 Å². The standard InChI is InChI=1S/C15H20FNO2/c1-9-4-3-5-14(10(9)2)17-15(19)12-7-6-11(18)8-13(12)16/h6-10,14,18H,3-5H2,1-2H3,(H,17,19). The molecule has 1 aromatic carbocycles. The van der Waals surface area contributed by atoms with Crippen LogP contribution in [-0.2, 0) is 0 Å². The van der Waals surface area contributed by atoms with Crippen molar-refractivity contribution in [2.24, 2.45) is 11.8 Å². The lowest BCUT2D eigenvalue weighted by molar-refractivity contribution is 0.0887. The van der Waals surface area contributed by atoms with E-state index in [1.165, 1.54) is 18.6 Å². The summed E-state index contributed by atoms with van der Waals surface area (Å²) in [6, 6.07) is 3.70. The molecule has 4 heteroatoms. The van der Waals surface area contributed by atoms with E-state index in [0.717, 1.165) is 18.9 Å². The molecule has 2 rings (SSSR count). The van der Waals surface area contributed by atoms with Gasteiger partial charge in [-0.05, 0) is 30.4 Å². The number of hydrogen-bond donors (Lipinski definition) is 2. The summed E-state index contributed by atoms with van der Waals surface area (Å²) in [5.41, 5.74) is -0.0109. The number of amides is 1. The molecule has 104 valence electrons. The van der Waals surface area contributed by atoms with Crippen molar-refractivity contribution in [3.63, 3.8) is 0 Å². The highest BCUT2D eigenvalue weighted by Gasteiger charge is 2.28. The number of rotatable bonds is 2. The molecule has 3 nitrogen and oxygen atoms in total. The van der Waals surface area contributed by atoms with Gasteiger partial charge < -0.3 is 10.4 Å². The molecule has 3 atom stereocenters. The molecule has 1 amide bonds. The van der Waals surface area contributed by atoms with Gasteiger partial charge in [-0.1, -0.05) is 26.7 Å². The maximum Gasteiger partial charge on any atom is 0.254 e. The summed E-state index contributed by atoms with van der Waals surface area (Å²) >= 11 is 0. The summed E-state index contributed by atoms with van der Waals surface area (Å²) < 4.78 is 13.6. The van der Waals surface area contributed by atoms with Crippen molar-refractivity contribution in [3.05, 3.63) is 29.6 Å². The zero-order valence-corrected chi connectivity index (χ0v) is 11.3. The molecule has 0 aromatic heterocycles. The lowest BCUT2D eigenvalue weighted by Crippen LogP contribution is -2.43. The van der Waals surface area contributed by atoms with E-state index >= 15 is 0 Å². The molecule has 1 aliphatic rings. The number of aromatic hydroxyl groups is 1. The van der Waals surface area contributed by atoms with E-state index in [-0.39, 0.29) is 17.4 Å². The molecular weight excluding hydrogens is 245 g/mol. The fourth-order valence-corrected chi connectivity index (χ4v) is 2.72. The molecule has 0 aliphatic heterocycles. The maximum absolute atomic E-state index is 13.6. The lowest BCUT2D eigenvalue weighted by atomic mass is 9.78. The third kappa shape index (κ3) is 3.06. The predicted molar refractivity (Wildman–Crippen MR) is 71.5 cm³/mol. The summed E-state index contributed by atoms with van der Waals surface area (Å²) in [5, 5.41) is 12.1. The number of halogens is 1. The Labute approximate surface area is 112 Å². The fraction of sp³-hybridized carbons (Fsp3) is 0.533. The van der Waals surface area contributed by atoms with Gasteiger partial charge in [-0.25, -0.2) is 4.39 Å². The van der Waals surface area contributed by atoms with Crippen molar-refractivity contribution < 1.29 is 14.3 Å². The van der Waals surface area contributed by atoms with E-state index < -0.39 is 11.7 Å². The molecular formula is C15H20FNO2. The SMILES string of the molecule is CC1CCCC(NC(=O)c2ccc(O)cc2F)C1C.